The van der Waals surface area contributed by atoms with Crippen LogP contribution in [0.3, 0.4) is 0 Å². The number of piperidine rings is 1. The number of pyridine rings is 1. The van der Waals surface area contributed by atoms with Gasteiger partial charge in [-0.25, -0.2) is 4.98 Å². The number of para-hydroxylation sites is 2. The van der Waals surface area contributed by atoms with E-state index in [9.17, 15) is 4.79 Å². The smallest absolute Gasteiger partial charge is 0.255 e. The van der Waals surface area contributed by atoms with Crippen molar-refractivity contribution in [1.29, 1.82) is 0 Å². The van der Waals surface area contributed by atoms with Gasteiger partial charge in [-0.3, -0.25) is 9.78 Å². The van der Waals surface area contributed by atoms with Gasteiger partial charge in [-0.05, 0) is 52.9 Å². The highest BCUT2D eigenvalue weighted by molar-refractivity contribution is 9.10. The number of carbonyl (C=O) groups excluding carboxylic acids is 1. The van der Waals surface area contributed by atoms with Gasteiger partial charge in [-0.1, -0.05) is 12.1 Å². The number of imidazole rings is 1. The lowest BCUT2D eigenvalue weighted by Gasteiger charge is -2.32. The molecule has 0 N–H and O–H groups in total. The van der Waals surface area contributed by atoms with E-state index >= 15 is 0 Å². The van der Waals surface area contributed by atoms with Crippen LogP contribution in [0.25, 0.3) is 11.0 Å². The Bertz CT molecular complexity index is 899. The van der Waals surface area contributed by atoms with E-state index in [1.807, 2.05) is 35.5 Å². The fraction of sp³-hybridized carbons (Fsp3) is 0.316. The van der Waals surface area contributed by atoms with Gasteiger partial charge >= 0.3 is 0 Å². The molecule has 5 nitrogen and oxygen atoms in total. The molecule has 0 bridgehead atoms. The molecule has 3 aromatic rings. The van der Waals surface area contributed by atoms with E-state index in [0.29, 0.717) is 11.5 Å². The number of rotatable bonds is 3. The number of nitrogens with zero attached hydrogens (tertiary/aromatic N) is 4. The molecule has 1 aliphatic rings. The summed E-state index contributed by atoms with van der Waals surface area (Å²) in [5.41, 5.74) is 2.87. The number of halogens is 1. The van der Waals surface area contributed by atoms with E-state index < -0.39 is 0 Å². The van der Waals surface area contributed by atoms with Crippen LogP contribution in [0, 0.1) is 5.92 Å². The van der Waals surface area contributed by atoms with Crippen molar-refractivity contribution in [3.8, 4) is 0 Å². The van der Waals surface area contributed by atoms with Crippen molar-refractivity contribution in [2.45, 2.75) is 19.4 Å². The van der Waals surface area contributed by atoms with Crippen LogP contribution in [-0.4, -0.2) is 38.4 Å². The summed E-state index contributed by atoms with van der Waals surface area (Å²) >= 11 is 3.38. The summed E-state index contributed by atoms with van der Waals surface area (Å²) < 4.78 is 3.07. The average molecular weight is 399 g/mol. The number of fused-ring (bicyclic) bond motifs is 1. The van der Waals surface area contributed by atoms with Gasteiger partial charge in [0.15, 0.2) is 0 Å². The number of aromatic nitrogens is 3. The summed E-state index contributed by atoms with van der Waals surface area (Å²) in [7, 11) is 0. The molecule has 25 heavy (non-hydrogen) atoms. The van der Waals surface area contributed by atoms with Crippen molar-refractivity contribution in [2.75, 3.05) is 13.1 Å². The Morgan fingerprint density at radius 2 is 2.00 bits per heavy atom. The van der Waals surface area contributed by atoms with Crippen LogP contribution in [-0.2, 0) is 6.54 Å². The Morgan fingerprint density at radius 3 is 2.80 bits per heavy atom. The molecule has 128 valence electrons. The summed E-state index contributed by atoms with van der Waals surface area (Å²) in [6, 6.07) is 10.0. The van der Waals surface area contributed by atoms with Gasteiger partial charge < -0.3 is 9.47 Å². The summed E-state index contributed by atoms with van der Waals surface area (Å²) in [6.45, 7) is 2.55. The minimum atomic E-state index is 0.0698. The third-order valence-electron chi connectivity index (χ3n) is 4.84. The van der Waals surface area contributed by atoms with Gasteiger partial charge in [-0.2, -0.15) is 0 Å². The lowest BCUT2D eigenvalue weighted by molar-refractivity contribution is 0.0683. The number of amides is 1. The SMILES string of the molecule is O=C(c1cncc(Br)c1)N1CCC(Cn2cnc3ccccc32)CC1. The van der Waals surface area contributed by atoms with E-state index in [4.69, 9.17) is 0 Å². The Labute approximate surface area is 154 Å². The standard InChI is InChI=1S/C19H19BrN4O/c20-16-9-15(10-21-11-16)19(25)23-7-5-14(6-8-23)12-24-13-22-17-3-1-2-4-18(17)24/h1-4,9-11,13-14H,5-8,12H2. The molecule has 0 radical (unpaired) electrons. The number of carbonyl (C=O) groups is 1. The normalized spacial score (nSPS) is 15.6. The topological polar surface area (TPSA) is 51.0 Å². The molecule has 3 heterocycles. The highest BCUT2D eigenvalue weighted by atomic mass is 79.9. The van der Waals surface area contributed by atoms with Gasteiger partial charge in [0.1, 0.15) is 0 Å². The van der Waals surface area contributed by atoms with E-state index in [2.05, 4.69) is 36.5 Å². The number of likely N-dealkylation sites (tertiary alicyclic amines) is 1. The van der Waals surface area contributed by atoms with E-state index in [0.717, 1.165) is 42.5 Å². The van der Waals surface area contributed by atoms with Gasteiger partial charge in [0.25, 0.3) is 5.91 Å². The third kappa shape index (κ3) is 3.44. The maximum atomic E-state index is 12.6. The van der Waals surface area contributed by atoms with Gasteiger partial charge in [-0.15, -0.1) is 0 Å². The lowest BCUT2D eigenvalue weighted by Crippen LogP contribution is -2.39. The third-order valence-corrected chi connectivity index (χ3v) is 5.27. The van der Waals surface area contributed by atoms with Crippen LogP contribution < -0.4 is 0 Å². The molecule has 4 rings (SSSR count). The second kappa shape index (κ2) is 6.96. The molecule has 0 unspecified atom stereocenters. The van der Waals surface area contributed by atoms with Crippen molar-refractivity contribution in [3.63, 3.8) is 0 Å². The molecule has 0 spiro atoms. The van der Waals surface area contributed by atoms with Crippen LogP contribution in [0.5, 0.6) is 0 Å². The zero-order valence-electron chi connectivity index (χ0n) is 13.8. The second-order valence-corrected chi connectivity index (χ2v) is 7.43. The molecule has 1 amide bonds. The van der Waals surface area contributed by atoms with Crippen LogP contribution >= 0.6 is 15.9 Å². The molecule has 6 heteroatoms. The fourth-order valence-corrected chi connectivity index (χ4v) is 3.83. The summed E-state index contributed by atoms with van der Waals surface area (Å²) in [5, 5.41) is 0. The van der Waals surface area contributed by atoms with Gasteiger partial charge in [0, 0.05) is 36.5 Å². The first kappa shape index (κ1) is 16.3. The Kier molecular flexibility index (Phi) is 4.53. The average Bonchev–Trinajstić information content (AvgIpc) is 3.05. The molecule has 0 aliphatic carbocycles. The first-order valence-electron chi connectivity index (χ1n) is 8.50. The molecule has 1 aliphatic heterocycles. The summed E-state index contributed by atoms with van der Waals surface area (Å²) in [6.07, 6.45) is 7.28. The minimum Gasteiger partial charge on any atom is -0.339 e. The quantitative estimate of drug-likeness (QED) is 0.674. The van der Waals surface area contributed by atoms with Gasteiger partial charge in [0.2, 0.25) is 0 Å². The fourth-order valence-electron chi connectivity index (χ4n) is 3.46. The Hall–Kier alpha value is -2.21. The van der Waals surface area contributed by atoms with E-state index in [1.54, 1.807) is 12.4 Å². The molecule has 1 aromatic carbocycles. The highest BCUT2D eigenvalue weighted by Crippen LogP contribution is 2.23. The summed E-state index contributed by atoms with van der Waals surface area (Å²) in [5.74, 6) is 0.641. The molecule has 1 saturated heterocycles. The largest absolute Gasteiger partial charge is 0.339 e. The molecule has 0 saturated carbocycles. The number of benzene rings is 1. The van der Waals surface area contributed by atoms with Gasteiger partial charge in [0.05, 0.1) is 22.9 Å². The number of hydrogen-bond donors (Lipinski definition) is 0. The maximum absolute atomic E-state index is 12.6. The lowest BCUT2D eigenvalue weighted by atomic mass is 9.96. The predicted molar refractivity (Wildman–Crippen MR) is 100 cm³/mol. The predicted octanol–water partition coefficient (Wildman–Crippen LogP) is 3.75. The Balaban J connectivity index is 1.39. The molecular weight excluding hydrogens is 380 g/mol. The highest BCUT2D eigenvalue weighted by Gasteiger charge is 2.24. The molecule has 0 atom stereocenters. The van der Waals surface area contributed by atoms with E-state index in [1.165, 1.54) is 5.52 Å². The number of hydrogen-bond acceptors (Lipinski definition) is 3. The minimum absolute atomic E-state index is 0.0698. The molecular formula is C19H19BrN4O. The second-order valence-electron chi connectivity index (χ2n) is 6.51. The first-order valence-corrected chi connectivity index (χ1v) is 9.30. The Morgan fingerprint density at radius 1 is 1.20 bits per heavy atom. The zero-order valence-corrected chi connectivity index (χ0v) is 15.4. The molecule has 1 fully saturated rings. The summed E-state index contributed by atoms with van der Waals surface area (Å²) in [4.78, 5) is 23.1. The van der Waals surface area contributed by atoms with Crippen LogP contribution in [0.15, 0.2) is 53.5 Å². The van der Waals surface area contributed by atoms with Crippen LogP contribution in [0.2, 0.25) is 0 Å². The first-order chi connectivity index (χ1) is 12.2. The van der Waals surface area contributed by atoms with Crippen molar-refractivity contribution in [3.05, 3.63) is 59.1 Å². The van der Waals surface area contributed by atoms with Crippen molar-refractivity contribution in [1.82, 2.24) is 19.4 Å². The molecule has 2 aromatic heterocycles. The zero-order chi connectivity index (χ0) is 17.2. The van der Waals surface area contributed by atoms with Crippen molar-refractivity contribution in [2.24, 2.45) is 5.92 Å². The van der Waals surface area contributed by atoms with Crippen LogP contribution in [0.1, 0.15) is 23.2 Å². The van der Waals surface area contributed by atoms with Crippen LogP contribution in [0.4, 0.5) is 0 Å². The van der Waals surface area contributed by atoms with Crippen molar-refractivity contribution >= 4 is 32.9 Å². The maximum Gasteiger partial charge on any atom is 0.255 e. The van der Waals surface area contributed by atoms with Crippen molar-refractivity contribution < 1.29 is 4.79 Å². The van der Waals surface area contributed by atoms with E-state index in [-0.39, 0.29) is 5.91 Å². The monoisotopic (exact) mass is 398 g/mol.